The van der Waals surface area contributed by atoms with E-state index < -0.39 is 61.1 Å². The summed E-state index contributed by atoms with van der Waals surface area (Å²) in [6.07, 6.45) is -4.68. The fourth-order valence-electron chi connectivity index (χ4n) is 5.05. The molecule has 1 saturated carbocycles. The highest BCUT2D eigenvalue weighted by Gasteiger charge is 2.87. The predicted octanol–water partition coefficient (Wildman–Crippen LogP) is 6.91. The van der Waals surface area contributed by atoms with Crippen LogP contribution in [0.15, 0.2) is 58.6 Å². The third-order valence-corrected chi connectivity index (χ3v) is 11.0. The molecule has 5 rings (SSSR count). The zero-order valence-electron chi connectivity index (χ0n) is 17.8. The number of fused-ring (bicyclic) bond motifs is 5. The van der Waals surface area contributed by atoms with Gasteiger partial charge in [0.25, 0.3) is 5.91 Å². The molecule has 2 aliphatic carbocycles. The van der Waals surface area contributed by atoms with Gasteiger partial charge in [-0.05, 0) is 36.4 Å². The third-order valence-electron chi connectivity index (χ3n) is 6.78. The number of benzene rings is 2. The molecule has 2 aromatic rings. The molecule has 3 amide bonds. The van der Waals surface area contributed by atoms with Gasteiger partial charge in [-0.15, -0.1) is 23.2 Å². The lowest BCUT2D eigenvalue weighted by molar-refractivity contribution is -0.137. The molecule has 2 bridgehead atoms. The second-order valence-corrected chi connectivity index (χ2v) is 11.9. The highest BCUT2D eigenvalue weighted by molar-refractivity contribution is 6.67. The maximum absolute atomic E-state index is 13.4. The van der Waals surface area contributed by atoms with Gasteiger partial charge in [0.15, 0.2) is 4.33 Å². The van der Waals surface area contributed by atoms with E-state index in [1.807, 2.05) is 0 Å². The zero-order valence-corrected chi connectivity index (χ0v) is 22.4. The third kappa shape index (κ3) is 3.36. The fourth-order valence-corrected chi connectivity index (χ4v) is 7.97. The molecule has 0 aromatic heterocycles. The average molecular weight is 633 g/mol. The van der Waals surface area contributed by atoms with Crippen LogP contribution in [0.25, 0.3) is 0 Å². The molecule has 4 atom stereocenters. The van der Waals surface area contributed by atoms with Crippen LogP contribution in [-0.2, 0) is 15.8 Å². The molecular weight excluding hydrogens is 622 g/mol. The molecule has 37 heavy (non-hydrogen) atoms. The minimum Gasteiger partial charge on any atom is -0.321 e. The summed E-state index contributed by atoms with van der Waals surface area (Å²) in [4.78, 5) is 36.3. The van der Waals surface area contributed by atoms with Gasteiger partial charge in [-0.3, -0.25) is 14.4 Å². The second kappa shape index (κ2) is 8.41. The summed E-state index contributed by atoms with van der Waals surface area (Å²) in [6.45, 7) is 0. The van der Waals surface area contributed by atoms with Gasteiger partial charge >= 0.3 is 6.18 Å². The molecule has 194 valence electrons. The van der Waals surface area contributed by atoms with Gasteiger partial charge in [0, 0.05) is 5.56 Å². The number of amides is 3. The Kier molecular flexibility index (Phi) is 6.11. The Morgan fingerprint density at radius 3 is 1.81 bits per heavy atom. The van der Waals surface area contributed by atoms with E-state index in [1.165, 1.54) is 36.4 Å². The molecule has 1 aliphatic heterocycles. The van der Waals surface area contributed by atoms with Gasteiger partial charge in [-0.1, -0.05) is 58.5 Å². The van der Waals surface area contributed by atoms with Crippen molar-refractivity contribution in [3.05, 3.63) is 69.7 Å². The van der Waals surface area contributed by atoms with Crippen molar-refractivity contribution in [2.24, 2.45) is 11.8 Å². The van der Waals surface area contributed by atoms with E-state index in [0.717, 1.165) is 17.0 Å². The summed E-state index contributed by atoms with van der Waals surface area (Å²) >= 11 is 38.8. The Labute approximate surface area is 237 Å². The first-order chi connectivity index (χ1) is 17.1. The average Bonchev–Trinajstić information content (AvgIpc) is 3.22. The van der Waals surface area contributed by atoms with E-state index in [4.69, 9.17) is 69.6 Å². The van der Waals surface area contributed by atoms with Crippen LogP contribution in [0.2, 0.25) is 0 Å². The van der Waals surface area contributed by atoms with Crippen LogP contribution in [0.3, 0.4) is 0 Å². The summed E-state index contributed by atoms with van der Waals surface area (Å²) in [5.41, 5.74) is -1.42. The van der Waals surface area contributed by atoms with E-state index >= 15 is 0 Å². The summed E-state index contributed by atoms with van der Waals surface area (Å²) in [5.74, 6) is -5.06. The highest BCUT2D eigenvalue weighted by atomic mass is 35.5. The van der Waals surface area contributed by atoms with Crippen molar-refractivity contribution in [1.29, 1.82) is 0 Å². The maximum Gasteiger partial charge on any atom is 0.418 e. The molecule has 1 heterocycles. The van der Waals surface area contributed by atoms with Crippen molar-refractivity contribution in [3.63, 3.8) is 0 Å². The molecule has 0 unspecified atom stereocenters. The number of nitrogens with zero attached hydrogens (tertiary/aromatic N) is 1. The Balaban J connectivity index is 1.43. The van der Waals surface area contributed by atoms with Gasteiger partial charge in [-0.25, -0.2) is 4.90 Å². The van der Waals surface area contributed by atoms with Crippen molar-refractivity contribution in [2.45, 2.75) is 20.3 Å². The normalized spacial score (nSPS) is 30.2. The molecule has 0 radical (unpaired) electrons. The van der Waals surface area contributed by atoms with E-state index in [1.54, 1.807) is 0 Å². The Morgan fingerprint density at radius 2 is 1.32 bits per heavy atom. The first kappa shape index (κ1) is 26.9. The number of nitrogens with one attached hydrogen (secondary N) is 1. The number of anilines is 2. The van der Waals surface area contributed by atoms with Crippen LogP contribution in [0.1, 0.15) is 15.9 Å². The molecule has 0 spiro atoms. The number of halogens is 9. The second-order valence-electron chi connectivity index (χ2n) is 8.64. The van der Waals surface area contributed by atoms with Crippen molar-refractivity contribution >= 4 is 98.7 Å². The molecule has 2 fully saturated rings. The number of imide groups is 1. The van der Waals surface area contributed by atoms with Gasteiger partial charge in [0.05, 0.1) is 38.8 Å². The number of carbonyl (C=O) groups is 3. The molecule has 5 nitrogen and oxygen atoms in total. The first-order valence-electron chi connectivity index (χ1n) is 10.4. The molecular formula is C23H11Cl6F3N2O3. The van der Waals surface area contributed by atoms with Gasteiger partial charge < -0.3 is 5.32 Å². The topological polar surface area (TPSA) is 66.5 Å². The van der Waals surface area contributed by atoms with Gasteiger partial charge in [0.2, 0.25) is 11.8 Å². The van der Waals surface area contributed by atoms with Crippen molar-refractivity contribution in [2.75, 3.05) is 10.2 Å². The number of para-hydroxylation sites is 1. The number of hydrogen-bond acceptors (Lipinski definition) is 3. The number of hydrogen-bond donors (Lipinski definition) is 1. The monoisotopic (exact) mass is 630 g/mol. The van der Waals surface area contributed by atoms with Crippen LogP contribution in [0.4, 0.5) is 24.5 Å². The number of rotatable bonds is 3. The zero-order chi connectivity index (χ0) is 27.3. The summed E-state index contributed by atoms with van der Waals surface area (Å²) in [6, 6.07) is 9.52. The molecule has 3 aliphatic rings. The standard InChI is InChI=1S/C23H11Cl6F3N2O3/c24-15-16(25)21(27)14-13(20(15,26)23(21,28)29)18(36)34(19(14)37)10-7-5-9(6-8-10)17(35)33-12-4-2-1-3-11(12)22(30,31)32/h1-8,13-14H,(H,33,35)/t13-,14+,20-,21-/m1/s1. The molecule has 1 saturated heterocycles. The summed E-state index contributed by atoms with van der Waals surface area (Å²) in [7, 11) is 0. The van der Waals surface area contributed by atoms with Gasteiger partial charge in [-0.2, -0.15) is 13.2 Å². The predicted molar refractivity (Wildman–Crippen MR) is 136 cm³/mol. The van der Waals surface area contributed by atoms with Crippen LogP contribution in [-0.4, -0.2) is 31.8 Å². The first-order valence-corrected chi connectivity index (χ1v) is 12.6. The Morgan fingerprint density at radius 1 is 0.838 bits per heavy atom. The van der Waals surface area contributed by atoms with E-state index in [2.05, 4.69) is 5.32 Å². The molecule has 2 aromatic carbocycles. The SMILES string of the molecule is O=C(Nc1ccccc1C(F)(F)F)c1ccc(N2C(=O)[C@@H]3[C@H](C2=O)[C@@]2(Cl)C(Cl)=C(Cl)[C@@]3(Cl)C2(Cl)Cl)cc1. The molecule has 14 heteroatoms. The lowest BCUT2D eigenvalue weighted by Crippen LogP contribution is -2.50. The number of carbonyl (C=O) groups excluding carboxylic acids is 3. The summed E-state index contributed by atoms with van der Waals surface area (Å²) in [5, 5.41) is 1.75. The van der Waals surface area contributed by atoms with Crippen molar-refractivity contribution < 1.29 is 27.6 Å². The summed E-state index contributed by atoms with van der Waals surface area (Å²) < 4.78 is 37.6. The minimum absolute atomic E-state index is 0.0315. The number of allylic oxidation sites excluding steroid dienone is 2. The smallest absolute Gasteiger partial charge is 0.321 e. The highest BCUT2D eigenvalue weighted by Crippen LogP contribution is 2.77. The van der Waals surface area contributed by atoms with E-state index in [0.29, 0.717) is 0 Å². The van der Waals surface area contributed by atoms with Crippen molar-refractivity contribution in [1.82, 2.24) is 0 Å². The quantitative estimate of drug-likeness (QED) is 0.296. The lowest BCUT2D eigenvalue weighted by Gasteiger charge is -2.34. The van der Waals surface area contributed by atoms with Crippen LogP contribution in [0, 0.1) is 11.8 Å². The van der Waals surface area contributed by atoms with Crippen LogP contribution >= 0.6 is 69.6 Å². The number of alkyl halides is 7. The maximum atomic E-state index is 13.4. The van der Waals surface area contributed by atoms with Crippen LogP contribution < -0.4 is 10.2 Å². The van der Waals surface area contributed by atoms with Crippen LogP contribution in [0.5, 0.6) is 0 Å². The van der Waals surface area contributed by atoms with Gasteiger partial charge in [0.1, 0.15) is 9.75 Å². The Hall–Kier alpha value is -1.68. The van der Waals surface area contributed by atoms with E-state index in [-0.39, 0.29) is 21.3 Å². The Bertz CT molecular complexity index is 1370. The minimum atomic E-state index is -4.68. The molecule has 1 N–H and O–H groups in total. The lowest BCUT2D eigenvalue weighted by atomic mass is 9.84. The van der Waals surface area contributed by atoms with Crippen molar-refractivity contribution in [3.8, 4) is 0 Å². The van der Waals surface area contributed by atoms with E-state index in [9.17, 15) is 27.6 Å². The largest absolute Gasteiger partial charge is 0.418 e. The fraction of sp³-hybridized carbons (Fsp3) is 0.261.